The number of ether oxygens (including phenoxy) is 1. The Morgan fingerprint density at radius 2 is 1.94 bits per heavy atom. The molecule has 0 radical (unpaired) electrons. The number of halogens is 1. The van der Waals surface area contributed by atoms with Crippen LogP contribution in [0.3, 0.4) is 0 Å². The molecular weight excluding hydrogens is 365 g/mol. The van der Waals surface area contributed by atoms with Crippen LogP contribution in [0.25, 0.3) is 0 Å². The van der Waals surface area contributed by atoms with Gasteiger partial charge < -0.3 is 20.5 Å². The lowest BCUT2D eigenvalue weighted by atomic mass is 9.95. The van der Waals surface area contributed by atoms with E-state index < -0.39 is 5.60 Å². The molecule has 2 aliphatic heterocycles. The molecule has 0 amide bonds. The van der Waals surface area contributed by atoms with Crippen molar-refractivity contribution >= 4 is 41.7 Å². The van der Waals surface area contributed by atoms with Gasteiger partial charge in [-0.1, -0.05) is 0 Å². The summed E-state index contributed by atoms with van der Waals surface area (Å²) in [5, 5.41) is 10.3. The smallest absolute Gasteiger partial charge is 0.191 e. The fourth-order valence-corrected chi connectivity index (χ4v) is 2.93. The van der Waals surface area contributed by atoms with E-state index in [0.717, 1.165) is 24.6 Å². The molecular formula is C11H22IN3O2S. The van der Waals surface area contributed by atoms with Gasteiger partial charge in [0.25, 0.3) is 0 Å². The number of guanidine groups is 1. The van der Waals surface area contributed by atoms with E-state index in [1.807, 2.05) is 11.8 Å². The maximum absolute atomic E-state index is 10.3. The van der Waals surface area contributed by atoms with Crippen LogP contribution in [0.4, 0.5) is 0 Å². The molecule has 0 bridgehead atoms. The maximum atomic E-state index is 10.3. The lowest BCUT2D eigenvalue weighted by Gasteiger charge is -2.32. The number of thioether (sulfide) groups is 1. The average molecular weight is 387 g/mol. The zero-order valence-electron chi connectivity index (χ0n) is 10.5. The average Bonchev–Trinajstić information content (AvgIpc) is 2.38. The van der Waals surface area contributed by atoms with Crippen LogP contribution in [-0.2, 0) is 4.74 Å². The highest BCUT2D eigenvalue weighted by molar-refractivity contribution is 14.0. The summed E-state index contributed by atoms with van der Waals surface area (Å²) in [6, 6.07) is 0. The van der Waals surface area contributed by atoms with E-state index in [1.54, 1.807) is 0 Å². The molecule has 7 heteroatoms. The van der Waals surface area contributed by atoms with Gasteiger partial charge in [-0.05, 0) is 0 Å². The van der Waals surface area contributed by atoms with Gasteiger partial charge in [0.15, 0.2) is 5.96 Å². The van der Waals surface area contributed by atoms with Crippen molar-refractivity contribution in [3.63, 3.8) is 0 Å². The zero-order chi connectivity index (χ0) is 12.1. The second-order valence-corrected chi connectivity index (χ2v) is 5.84. The first-order valence-corrected chi connectivity index (χ1v) is 7.28. The first-order valence-electron chi connectivity index (χ1n) is 6.12. The quantitative estimate of drug-likeness (QED) is 0.411. The summed E-state index contributed by atoms with van der Waals surface area (Å²) in [6.45, 7) is 3.55. The van der Waals surface area contributed by atoms with Crippen LogP contribution in [-0.4, -0.2) is 65.9 Å². The Bertz CT molecular complexity index is 279. The fraction of sp³-hybridized carbons (Fsp3) is 0.909. The van der Waals surface area contributed by atoms with Crippen molar-refractivity contribution in [3.05, 3.63) is 0 Å². The van der Waals surface area contributed by atoms with Crippen molar-refractivity contribution in [3.8, 4) is 0 Å². The third-order valence-corrected chi connectivity index (χ3v) is 4.24. The van der Waals surface area contributed by atoms with Gasteiger partial charge in [-0.3, -0.25) is 4.99 Å². The highest BCUT2D eigenvalue weighted by atomic mass is 127. The molecule has 0 aromatic carbocycles. The molecule has 2 aliphatic rings. The summed E-state index contributed by atoms with van der Waals surface area (Å²) in [6.07, 6.45) is 1.30. The monoisotopic (exact) mass is 387 g/mol. The third-order valence-electron chi connectivity index (χ3n) is 3.29. The van der Waals surface area contributed by atoms with Gasteiger partial charge in [0, 0.05) is 50.7 Å². The van der Waals surface area contributed by atoms with Crippen LogP contribution < -0.4 is 5.73 Å². The van der Waals surface area contributed by atoms with Crippen LogP contribution in [0.5, 0.6) is 0 Å². The molecule has 2 fully saturated rings. The minimum Gasteiger partial charge on any atom is -0.388 e. The van der Waals surface area contributed by atoms with Crippen molar-refractivity contribution in [2.45, 2.75) is 18.4 Å². The van der Waals surface area contributed by atoms with Gasteiger partial charge in [-0.15, -0.1) is 24.0 Å². The zero-order valence-corrected chi connectivity index (χ0v) is 13.7. The molecule has 3 N–H and O–H groups in total. The lowest BCUT2D eigenvalue weighted by molar-refractivity contribution is -0.0566. The van der Waals surface area contributed by atoms with Crippen LogP contribution in [0.2, 0.25) is 0 Å². The molecule has 0 aromatic heterocycles. The highest BCUT2D eigenvalue weighted by Crippen LogP contribution is 2.20. The van der Waals surface area contributed by atoms with E-state index in [0.29, 0.717) is 38.6 Å². The summed E-state index contributed by atoms with van der Waals surface area (Å²) in [5.41, 5.74) is 5.23. The molecule has 0 aromatic rings. The normalized spacial score (nSPS) is 24.5. The molecule has 0 aliphatic carbocycles. The summed E-state index contributed by atoms with van der Waals surface area (Å²) < 4.78 is 5.24. The van der Waals surface area contributed by atoms with Crippen molar-refractivity contribution < 1.29 is 9.84 Å². The number of hydrogen-bond acceptors (Lipinski definition) is 4. The van der Waals surface area contributed by atoms with Crippen molar-refractivity contribution in [1.82, 2.24) is 4.90 Å². The van der Waals surface area contributed by atoms with Gasteiger partial charge in [0.05, 0.1) is 12.1 Å². The van der Waals surface area contributed by atoms with Gasteiger partial charge in [-0.25, -0.2) is 0 Å². The van der Waals surface area contributed by atoms with E-state index in [9.17, 15) is 5.11 Å². The summed E-state index contributed by atoms with van der Waals surface area (Å²) >= 11 is 1.94. The summed E-state index contributed by atoms with van der Waals surface area (Å²) in [4.78, 5) is 6.45. The Morgan fingerprint density at radius 1 is 1.33 bits per heavy atom. The van der Waals surface area contributed by atoms with Gasteiger partial charge in [-0.2, -0.15) is 11.8 Å². The molecule has 0 unspecified atom stereocenters. The molecule has 5 nitrogen and oxygen atoms in total. The SMILES string of the molecule is I.NC(=NCC1(O)CCOCC1)N1CCSCC1. The Hall–Kier alpha value is 0.270. The molecule has 0 spiro atoms. The van der Waals surface area contributed by atoms with E-state index in [2.05, 4.69) is 9.89 Å². The Morgan fingerprint density at radius 3 is 2.56 bits per heavy atom. The fourth-order valence-electron chi connectivity index (χ4n) is 2.03. The topological polar surface area (TPSA) is 71.1 Å². The first kappa shape index (κ1) is 16.3. The lowest BCUT2D eigenvalue weighted by Crippen LogP contribution is -2.45. The number of nitrogens with two attached hydrogens (primary N) is 1. The predicted octanol–water partition coefficient (Wildman–Crippen LogP) is 0.509. The number of hydrogen-bond donors (Lipinski definition) is 2. The Labute approximate surface area is 130 Å². The number of aliphatic imine (C=N–C) groups is 1. The van der Waals surface area contributed by atoms with Crippen molar-refractivity contribution in [2.75, 3.05) is 44.4 Å². The van der Waals surface area contributed by atoms with E-state index in [-0.39, 0.29) is 24.0 Å². The summed E-state index contributed by atoms with van der Waals surface area (Å²) in [7, 11) is 0. The van der Waals surface area contributed by atoms with Gasteiger partial charge in [0.2, 0.25) is 0 Å². The maximum Gasteiger partial charge on any atom is 0.191 e. The van der Waals surface area contributed by atoms with Gasteiger partial charge in [0.1, 0.15) is 0 Å². The van der Waals surface area contributed by atoms with E-state index in [4.69, 9.17) is 10.5 Å². The molecule has 18 heavy (non-hydrogen) atoms. The predicted molar refractivity (Wildman–Crippen MR) is 85.8 cm³/mol. The molecule has 106 valence electrons. The van der Waals surface area contributed by atoms with Crippen molar-refractivity contribution in [1.29, 1.82) is 0 Å². The number of rotatable bonds is 2. The summed E-state index contributed by atoms with van der Waals surface area (Å²) in [5.74, 6) is 2.79. The van der Waals surface area contributed by atoms with Crippen LogP contribution >= 0.6 is 35.7 Å². The number of nitrogens with zero attached hydrogens (tertiary/aromatic N) is 2. The molecule has 0 saturated carbocycles. The van der Waals surface area contributed by atoms with Crippen LogP contribution in [0.1, 0.15) is 12.8 Å². The first-order chi connectivity index (χ1) is 8.20. The second kappa shape index (κ2) is 7.76. The molecule has 0 atom stereocenters. The largest absolute Gasteiger partial charge is 0.388 e. The number of aliphatic hydroxyl groups is 1. The Balaban J connectivity index is 0.00000162. The molecule has 2 rings (SSSR count). The second-order valence-electron chi connectivity index (χ2n) is 4.61. The minimum atomic E-state index is -0.715. The molecule has 2 saturated heterocycles. The third kappa shape index (κ3) is 4.75. The van der Waals surface area contributed by atoms with E-state index in [1.165, 1.54) is 0 Å². The highest BCUT2D eigenvalue weighted by Gasteiger charge is 2.29. The minimum absolute atomic E-state index is 0. The van der Waals surface area contributed by atoms with Crippen LogP contribution in [0, 0.1) is 0 Å². The van der Waals surface area contributed by atoms with Gasteiger partial charge >= 0.3 is 0 Å². The van der Waals surface area contributed by atoms with Crippen LogP contribution in [0.15, 0.2) is 4.99 Å². The van der Waals surface area contributed by atoms with Crippen molar-refractivity contribution in [2.24, 2.45) is 10.7 Å². The molecule has 2 heterocycles. The Kier molecular flexibility index (Phi) is 7.04. The standard InChI is InChI=1S/C11H21N3O2S.HI/c12-10(14-3-7-17-8-4-14)13-9-11(15)1-5-16-6-2-11;/h15H,1-9H2,(H2,12,13);1H. The van der Waals surface area contributed by atoms with E-state index >= 15 is 0 Å².